The topological polar surface area (TPSA) is 61.3 Å². The molecule has 1 aromatic rings. The maximum atomic E-state index is 4.61. The number of hydrogen-bond acceptors (Lipinski definition) is 4. The molecule has 0 saturated heterocycles. The Balaban J connectivity index is 0.00000529. The Labute approximate surface area is 168 Å². The molecule has 0 aliphatic heterocycles. The van der Waals surface area contributed by atoms with Crippen molar-refractivity contribution >= 4 is 47.5 Å². The number of aromatic nitrogens is 1. The Morgan fingerprint density at radius 1 is 1.12 bits per heavy atom. The first-order valence-electron chi connectivity index (χ1n) is 8.53. The van der Waals surface area contributed by atoms with Crippen LogP contribution in [0.4, 0.5) is 5.82 Å². The van der Waals surface area contributed by atoms with Crippen LogP contribution in [0.15, 0.2) is 29.4 Å². The Kier molecular flexibility index (Phi) is 16.6. The molecule has 7 heteroatoms. The molecule has 1 aromatic heterocycles. The quantitative estimate of drug-likeness (QED) is 0.191. The van der Waals surface area contributed by atoms with Crippen LogP contribution in [0.1, 0.15) is 32.6 Å². The highest BCUT2D eigenvalue weighted by atomic mass is 127. The van der Waals surface area contributed by atoms with Gasteiger partial charge in [-0.15, -0.1) is 24.0 Å². The summed E-state index contributed by atoms with van der Waals surface area (Å²) in [6, 6.07) is 5.91. The van der Waals surface area contributed by atoms with Crippen LogP contribution in [0.5, 0.6) is 0 Å². The lowest BCUT2D eigenvalue weighted by molar-refractivity contribution is 0.708. The van der Waals surface area contributed by atoms with Crippen LogP contribution in [-0.4, -0.2) is 49.1 Å². The molecule has 0 radical (unpaired) electrons. The number of nitrogens with one attached hydrogen (secondary N) is 3. The average Bonchev–Trinajstić information content (AvgIpc) is 2.58. The van der Waals surface area contributed by atoms with Gasteiger partial charge in [0, 0.05) is 32.4 Å². The number of thioether (sulfide) groups is 1. The number of rotatable bonds is 12. The third-order valence-corrected chi connectivity index (χ3v) is 3.93. The van der Waals surface area contributed by atoms with E-state index >= 15 is 0 Å². The Morgan fingerprint density at radius 2 is 1.96 bits per heavy atom. The molecule has 0 aliphatic carbocycles. The van der Waals surface area contributed by atoms with Gasteiger partial charge < -0.3 is 16.0 Å². The molecule has 3 N–H and O–H groups in total. The van der Waals surface area contributed by atoms with E-state index in [0.717, 1.165) is 57.2 Å². The van der Waals surface area contributed by atoms with Gasteiger partial charge >= 0.3 is 0 Å². The summed E-state index contributed by atoms with van der Waals surface area (Å²) in [5, 5.41) is 10.0. The van der Waals surface area contributed by atoms with E-state index in [0.29, 0.717) is 0 Å². The molecule has 0 unspecified atom stereocenters. The fourth-order valence-electron chi connectivity index (χ4n) is 2.03. The first kappa shape index (κ1) is 23.3. The lowest BCUT2D eigenvalue weighted by Gasteiger charge is -2.11. The number of guanidine groups is 1. The second-order valence-electron chi connectivity index (χ2n) is 5.24. The zero-order chi connectivity index (χ0) is 16.6. The lowest BCUT2D eigenvalue weighted by Crippen LogP contribution is -2.38. The summed E-state index contributed by atoms with van der Waals surface area (Å²) in [6.45, 7) is 5.79. The third kappa shape index (κ3) is 12.7. The van der Waals surface area contributed by atoms with Crippen LogP contribution in [0.25, 0.3) is 0 Å². The molecule has 0 fully saturated rings. The summed E-state index contributed by atoms with van der Waals surface area (Å²) in [7, 11) is 0. The van der Waals surface area contributed by atoms with Crippen molar-refractivity contribution in [2.75, 3.05) is 43.5 Å². The summed E-state index contributed by atoms with van der Waals surface area (Å²) in [4.78, 5) is 8.86. The molecular weight excluding hydrogens is 433 g/mol. The number of nitrogens with zero attached hydrogens (tertiary/aromatic N) is 2. The maximum Gasteiger partial charge on any atom is 0.191 e. The van der Waals surface area contributed by atoms with E-state index in [1.807, 2.05) is 36.2 Å². The predicted molar refractivity (Wildman–Crippen MR) is 119 cm³/mol. The summed E-state index contributed by atoms with van der Waals surface area (Å²) in [5.74, 6) is 3.11. The molecule has 138 valence electrons. The molecule has 0 atom stereocenters. The highest BCUT2D eigenvalue weighted by molar-refractivity contribution is 14.0. The highest BCUT2D eigenvalue weighted by Gasteiger charge is 1.97. The van der Waals surface area contributed by atoms with Gasteiger partial charge in [-0.05, 0) is 56.7 Å². The van der Waals surface area contributed by atoms with Gasteiger partial charge in [0.15, 0.2) is 5.96 Å². The van der Waals surface area contributed by atoms with Crippen molar-refractivity contribution in [3.8, 4) is 0 Å². The monoisotopic (exact) mass is 465 g/mol. The standard InChI is InChI=1S/C17H31N5S.HI/c1-3-18-17(22-14-8-9-15-23-2)21-13-7-6-12-20-16-10-4-5-11-19-16;/h4-5,10-11H,3,6-9,12-15H2,1-2H3,(H,19,20)(H2,18,21,22);1H. The van der Waals surface area contributed by atoms with Crippen LogP contribution >= 0.6 is 35.7 Å². The highest BCUT2D eigenvalue weighted by Crippen LogP contribution is 2.00. The molecule has 0 aliphatic rings. The van der Waals surface area contributed by atoms with Crippen molar-refractivity contribution in [1.29, 1.82) is 0 Å². The first-order chi connectivity index (χ1) is 11.4. The molecule has 24 heavy (non-hydrogen) atoms. The number of pyridine rings is 1. The molecule has 0 spiro atoms. The van der Waals surface area contributed by atoms with E-state index < -0.39 is 0 Å². The van der Waals surface area contributed by atoms with E-state index in [1.165, 1.54) is 12.2 Å². The van der Waals surface area contributed by atoms with Gasteiger partial charge in [0.1, 0.15) is 5.82 Å². The SMILES string of the molecule is CCNC(=NCCCCSC)NCCCCNc1ccccn1.I. The predicted octanol–water partition coefficient (Wildman–Crippen LogP) is 3.59. The van der Waals surface area contributed by atoms with Crippen LogP contribution in [0.3, 0.4) is 0 Å². The van der Waals surface area contributed by atoms with Crippen molar-refractivity contribution < 1.29 is 0 Å². The van der Waals surface area contributed by atoms with Gasteiger partial charge in [-0.3, -0.25) is 4.99 Å². The molecular formula is C17H32IN5S. The van der Waals surface area contributed by atoms with Crippen LogP contribution < -0.4 is 16.0 Å². The van der Waals surface area contributed by atoms with Gasteiger partial charge in [-0.25, -0.2) is 4.98 Å². The average molecular weight is 465 g/mol. The molecule has 0 amide bonds. The van der Waals surface area contributed by atoms with Gasteiger partial charge in [-0.1, -0.05) is 6.07 Å². The van der Waals surface area contributed by atoms with Gasteiger partial charge in [0.25, 0.3) is 0 Å². The van der Waals surface area contributed by atoms with Crippen molar-refractivity contribution in [1.82, 2.24) is 15.6 Å². The molecule has 0 aromatic carbocycles. The Hall–Kier alpha value is -0.700. The number of aliphatic imine (C=N–C) groups is 1. The zero-order valence-electron chi connectivity index (χ0n) is 14.9. The molecule has 0 saturated carbocycles. The van der Waals surface area contributed by atoms with Crippen molar-refractivity contribution in [2.45, 2.75) is 32.6 Å². The number of hydrogen-bond donors (Lipinski definition) is 3. The summed E-state index contributed by atoms with van der Waals surface area (Å²) >= 11 is 1.90. The summed E-state index contributed by atoms with van der Waals surface area (Å²) < 4.78 is 0. The largest absolute Gasteiger partial charge is 0.370 e. The van der Waals surface area contributed by atoms with E-state index in [-0.39, 0.29) is 24.0 Å². The number of anilines is 1. The van der Waals surface area contributed by atoms with E-state index in [2.05, 4.69) is 39.1 Å². The second-order valence-corrected chi connectivity index (χ2v) is 6.22. The van der Waals surface area contributed by atoms with Gasteiger partial charge in [-0.2, -0.15) is 11.8 Å². The summed E-state index contributed by atoms with van der Waals surface area (Å²) in [5.41, 5.74) is 0. The molecule has 1 heterocycles. The van der Waals surface area contributed by atoms with Crippen LogP contribution in [-0.2, 0) is 0 Å². The van der Waals surface area contributed by atoms with Crippen LogP contribution in [0.2, 0.25) is 0 Å². The van der Waals surface area contributed by atoms with E-state index in [4.69, 9.17) is 0 Å². The van der Waals surface area contributed by atoms with Crippen molar-refractivity contribution in [2.24, 2.45) is 4.99 Å². The van der Waals surface area contributed by atoms with E-state index in [1.54, 1.807) is 0 Å². The Morgan fingerprint density at radius 3 is 2.67 bits per heavy atom. The fraction of sp³-hybridized carbons (Fsp3) is 0.647. The normalized spacial score (nSPS) is 10.8. The van der Waals surface area contributed by atoms with Crippen molar-refractivity contribution in [3.63, 3.8) is 0 Å². The minimum Gasteiger partial charge on any atom is -0.370 e. The lowest BCUT2D eigenvalue weighted by atomic mass is 10.3. The first-order valence-corrected chi connectivity index (χ1v) is 9.92. The van der Waals surface area contributed by atoms with Gasteiger partial charge in [0.05, 0.1) is 0 Å². The van der Waals surface area contributed by atoms with Crippen molar-refractivity contribution in [3.05, 3.63) is 24.4 Å². The molecule has 0 bridgehead atoms. The zero-order valence-corrected chi connectivity index (χ0v) is 18.0. The minimum absolute atomic E-state index is 0. The molecule has 1 rings (SSSR count). The van der Waals surface area contributed by atoms with E-state index in [9.17, 15) is 0 Å². The number of halogens is 1. The maximum absolute atomic E-state index is 4.61. The Bertz CT molecular complexity index is 417. The third-order valence-electron chi connectivity index (χ3n) is 3.24. The van der Waals surface area contributed by atoms with Gasteiger partial charge in [0.2, 0.25) is 0 Å². The smallest absolute Gasteiger partial charge is 0.191 e. The number of unbranched alkanes of at least 4 members (excludes halogenated alkanes) is 2. The fourth-order valence-corrected chi connectivity index (χ4v) is 2.52. The minimum atomic E-state index is 0. The second kappa shape index (κ2) is 17.1. The van der Waals surface area contributed by atoms with Crippen LogP contribution in [0, 0.1) is 0 Å². The summed E-state index contributed by atoms with van der Waals surface area (Å²) in [6.07, 6.45) is 8.57. The molecule has 5 nitrogen and oxygen atoms in total.